The molecule has 0 aliphatic carbocycles. The summed E-state index contributed by atoms with van der Waals surface area (Å²) in [4.78, 5) is 32.7. The molecule has 0 saturated carbocycles. The van der Waals surface area contributed by atoms with Crippen LogP contribution in [-0.4, -0.2) is 35.1 Å². The second kappa shape index (κ2) is 7.21. The van der Waals surface area contributed by atoms with E-state index in [4.69, 9.17) is 16.3 Å². The molecule has 4 heterocycles. The summed E-state index contributed by atoms with van der Waals surface area (Å²) in [6.07, 6.45) is 1.93. The topological polar surface area (TPSA) is 63.9 Å². The van der Waals surface area contributed by atoms with E-state index in [9.17, 15) is 14.0 Å². The number of anilines is 1. The Morgan fingerprint density at radius 2 is 2.07 bits per heavy atom. The molecule has 1 aliphatic rings. The van der Waals surface area contributed by atoms with Crippen molar-refractivity contribution in [1.29, 1.82) is 0 Å². The highest BCUT2D eigenvalue weighted by atomic mass is 35.5. The molecular formula is C21H17ClFN3O3S. The van der Waals surface area contributed by atoms with Gasteiger partial charge in [0, 0.05) is 18.1 Å². The van der Waals surface area contributed by atoms with Gasteiger partial charge in [0.15, 0.2) is 17.3 Å². The Morgan fingerprint density at radius 1 is 1.30 bits per heavy atom. The van der Waals surface area contributed by atoms with Crippen molar-refractivity contribution < 1.29 is 13.9 Å². The maximum Gasteiger partial charge on any atom is 0.345 e. The van der Waals surface area contributed by atoms with Crippen molar-refractivity contribution in [3.8, 4) is 0 Å². The van der Waals surface area contributed by atoms with Crippen LogP contribution in [0.1, 0.15) is 30.1 Å². The monoisotopic (exact) mass is 445 g/mol. The Morgan fingerprint density at radius 3 is 2.80 bits per heavy atom. The molecule has 0 bridgehead atoms. The number of hydrogen-bond acceptors (Lipinski definition) is 6. The van der Waals surface area contributed by atoms with Gasteiger partial charge in [0.2, 0.25) is 5.43 Å². The van der Waals surface area contributed by atoms with Crippen molar-refractivity contribution in [2.75, 3.05) is 24.6 Å². The number of rotatable bonds is 3. The molecular weight excluding hydrogens is 429 g/mol. The molecule has 154 valence electrons. The first-order valence-electron chi connectivity index (χ1n) is 9.68. The summed E-state index contributed by atoms with van der Waals surface area (Å²) in [5, 5.41) is 0.546. The average Bonchev–Trinajstić information content (AvgIpc) is 3.36. The molecule has 0 atom stereocenters. The minimum absolute atomic E-state index is 0.0377. The molecule has 9 heteroatoms. The third-order valence-electron chi connectivity index (χ3n) is 5.29. The predicted molar refractivity (Wildman–Crippen MR) is 117 cm³/mol. The highest BCUT2D eigenvalue weighted by Gasteiger charge is 2.26. The van der Waals surface area contributed by atoms with E-state index in [2.05, 4.69) is 4.98 Å². The fourth-order valence-corrected chi connectivity index (χ4v) is 5.28. The summed E-state index contributed by atoms with van der Waals surface area (Å²) in [6.45, 7) is 3.22. The minimum Gasteiger partial charge on any atom is -0.462 e. The van der Waals surface area contributed by atoms with E-state index >= 15 is 0 Å². The first-order valence-corrected chi connectivity index (χ1v) is 10.9. The fraction of sp³-hybridized carbons (Fsp3) is 0.286. The minimum atomic E-state index is -0.733. The van der Waals surface area contributed by atoms with Gasteiger partial charge in [0.05, 0.1) is 22.2 Å². The van der Waals surface area contributed by atoms with Gasteiger partial charge in [-0.25, -0.2) is 14.2 Å². The molecule has 1 fully saturated rings. The molecule has 0 unspecified atom stereocenters. The van der Waals surface area contributed by atoms with Crippen LogP contribution in [0.25, 0.3) is 26.1 Å². The highest BCUT2D eigenvalue weighted by molar-refractivity contribution is 7.24. The fourth-order valence-electron chi connectivity index (χ4n) is 3.96. The first kappa shape index (κ1) is 19.3. The number of esters is 1. The number of benzene rings is 1. The largest absolute Gasteiger partial charge is 0.462 e. The normalized spacial score (nSPS) is 14.3. The van der Waals surface area contributed by atoms with Crippen molar-refractivity contribution >= 4 is 60.8 Å². The number of thiazole rings is 1. The second-order valence-electron chi connectivity index (χ2n) is 7.14. The van der Waals surface area contributed by atoms with Gasteiger partial charge in [-0.2, -0.15) is 0 Å². The molecule has 6 nitrogen and oxygen atoms in total. The van der Waals surface area contributed by atoms with E-state index in [0.717, 1.165) is 17.5 Å². The summed E-state index contributed by atoms with van der Waals surface area (Å²) in [6, 6.07) is 6.50. The molecule has 0 spiro atoms. The summed E-state index contributed by atoms with van der Waals surface area (Å²) in [7, 11) is 0. The number of carbonyl (C=O) groups is 1. The smallest absolute Gasteiger partial charge is 0.345 e. The van der Waals surface area contributed by atoms with Crippen molar-refractivity contribution in [3.63, 3.8) is 0 Å². The van der Waals surface area contributed by atoms with E-state index in [-0.39, 0.29) is 23.4 Å². The number of aromatic nitrogens is 2. The summed E-state index contributed by atoms with van der Waals surface area (Å²) < 4.78 is 22.6. The van der Waals surface area contributed by atoms with Crippen LogP contribution in [0, 0.1) is 5.82 Å². The number of pyridine rings is 2. The Labute approximate surface area is 179 Å². The van der Waals surface area contributed by atoms with Gasteiger partial charge >= 0.3 is 5.97 Å². The molecule has 0 amide bonds. The molecule has 5 rings (SSSR count). The van der Waals surface area contributed by atoms with Gasteiger partial charge in [-0.05, 0) is 44.0 Å². The van der Waals surface area contributed by atoms with Gasteiger partial charge in [-0.1, -0.05) is 11.6 Å². The van der Waals surface area contributed by atoms with Crippen LogP contribution in [-0.2, 0) is 4.74 Å². The van der Waals surface area contributed by atoms with E-state index in [1.807, 2.05) is 11.0 Å². The maximum atomic E-state index is 14.9. The summed E-state index contributed by atoms with van der Waals surface area (Å²) >= 11 is 7.50. The predicted octanol–water partition coefficient (Wildman–Crippen LogP) is 4.63. The van der Waals surface area contributed by atoms with Crippen LogP contribution >= 0.6 is 22.9 Å². The SMILES string of the molecule is CCOC(=O)c1c(=O)c2cc(F)c(N3CCCC3)nc2n2c1sc1ccc(Cl)cc12. The molecule has 3 aromatic heterocycles. The lowest BCUT2D eigenvalue weighted by atomic mass is 10.2. The van der Waals surface area contributed by atoms with Gasteiger partial charge < -0.3 is 9.64 Å². The standard InChI is InChI=1S/C21H17ClFN3O3S/c1-2-29-21(28)16-17(27)12-10-13(23)19(25-7-3-4-8-25)24-18(12)26-14-9-11(22)5-6-15(14)30-20(16)26/h5-6,9-10H,2-4,7-8H2,1H3. The maximum absolute atomic E-state index is 14.9. The third kappa shape index (κ3) is 2.86. The van der Waals surface area contributed by atoms with Crippen LogP contribution in [0.3, 0.4) is 0 Å². The van der Waals surface area contributed by atoms with Gasteiger partial charge in [0.1, 0.15) is 10.4 Å². The zero-order valence-corrected chi connectivity index (χ0v) is 17.6. The number of hydrogen-bond donors (Lipinski definition) is 0. The summed E-state index contributed by atoms with van der Waals surface area (Å²) in [5.74, 6) is -1.09. The van der Waals surface area contributed by atoms with E-state index < -0.39 is 17.2 Å². The van der Waals surface area contributed by atoms with E-state index in [1.165, 1.54) is 17.4 Å². The van der Waals surface area contributed by atoms with Gasteiger partial charge in [-0.3, -0.25) is 9.20 Å². The van der Waals surface area contributed by atoms with E-state index in [1.54, 1.807) is 23.5 Å². The zero-order valence-electron chi connectivity index (χ0n) is 16.1. The average molecular weight is 446 g/mol. The number of nitrogens with zero attached hydrogens (tertiary/aromatic N) is 3. The molecule has 1 saturated heterocycles. The van der Waals surface area contributed by atoms with Crippen molar-refractivity contribution in [2.45, 2.75) is 19.8 Å². The Balaban J connectivity index is 1.96. The van der Waals surface area contributed by atoms with Crippen LogP contribution in [0.5, 0.6) is 0 Å². The van der Waals surface area contributed by atoms with Crippen molar-refractivity contribution in [3.05, 3.63) is 50.9 Å². The molecule has 4 aromatic rings. The highest BCUT2D eigenvalue weighted by Crippen LogP contribution is 2.34. The molecule has 1 aliphatic heterocycles. The first-order chi connectivity index (χ1) is 14.5. The zero-order chi connectivity index (χ0) is 21.0. The van der Waals surface area contributed by atoms with Crippen LogP contribution < -0.4 is 10.3 Å². The van der Waals surface area contributed by atoms with Crippen LogP contribution in [0.15, 0.2) is 29.1 Å². The number of ether oxygens (including phenoxy) is 1. The Hall–Kier alpha value is -2.71. The van der Waals surface area contributed by atoms with E-state index in [0.29, 0.717) is 34.1 Å². The lowest BCUT2D eigenvalue weighted by molar-refractivity contribution is 0.0527. The third-order valence-corrected chi connectivity index (χ3v) is 6.67. The molecule has 1 aromatic carbocycles. The number of fused-ring (bicyclic) bond motifs is 5. The summed E-state index contributed by atoms with van der Waals surface area (Å²) in [5.41, 5.74) is 0.307. The Bertz CT molecular complexity index is 1390. The van der Waals surface area contributed by atoms with Crippen molar-refractivity contribution in [1.82, 2.24) is 9.38 Å². The molecule has 0 radical (unpaired) electrons. The number of halogens is 2. The lowest BCUT2D eigenvalue weighted by Gasteiger charge is -2.18. The number of carbonyl (C=O) groups excluding carboxylic acids is 1. The van der Waals surface area contributed by atoms with Crippen LogP contribution in [0.4, 0.5) is 10.2 Å². The lowest BCUT2D eigenvalue weighted by Crippen LogP contribution is -2.23. The van der Waals surface area contributed by atoms with Crippen LogP contribution in [0.2, 0.25) is 5.02 Å². The van der Waals surface area contributed by atoms with Crippen molar-refractivity contribution in [2.24, 2.45) is 0 Å². The van der Waals surface area contributed by atoms with Gasteiger partial charge in [-0.15, -0.1) is 11.3 Å². The quantitative estimate of drug-likeness (QED) is 0.430. The van der Waals surface area contributed by atoms with Gasteiger partial charge in [0.25, 0.3) is 0 Å². The Kier molecular flexibility index (Phi) is 4.63. The second-order valence-corrected chi connectivity index (χ2v) is 8.61. The molecule has 30 heavy (non-hydrogen) atoms. The molecule has 0 N–H and O–H groups in total.